The summed E-state index contributed by atoms with van der Waals surface area (Å²) in [6.07, 6.45) is 3.98. The molecule has 2 aromatic carbocycles. The van der Waals surface area contributed by atoms with E-state index in [1.54, 1.807) is 12.1 Å². The quantitative estimate of drug-likeness (QED) is 0.507. The molecule has 0 atom stereocenters. The Labute approximate surface area is 140 Å². The van der Waals surface area contributed by atoms with Crippen LogP contribution >= 0.6 is 0 Å². The van der Waals surface area contributed by atoms with Gasteiger partial charge in [0, 0.05) is 5.56 Å². The molecular weight excluding hydrogens is 300 g/mol. The van der Waals surface area contributed by atoms with Gasteiger partial charge in [0.15, 0.2) is 11.6 Å². The number of nitrogens with two attached hydrogens (primary N) is 2. The molecule has 24 heavy (non-hydrogen) atoms. The average molecular weight is 316 g/mol. The van der Waals surface area contributed by atoms with Gasteiger partial charge in [-0.3, -0.25) is 4.79 Å². The molecule has 1 amide bonds. The summed E-state index contributed by atoms with van der Waals surface area (Å²) in [5, 5.41) is 0. The van der Waals surface area contributed by atoms with Crippen molar-refractivity contribution in [2.75, 3.05) is 0 Å². The molecule has 0 spiro atoms. The second kappa shape index (κ2) is 6.39. The van der Waals surface area contributed by atoms with Crippen LogP contribution in [0.2, 0.25) is 0 Å². The first kappa shape index (κ1) is 15.5. The molecule has 5 heteroatoms. The zero-order valence-electron chi connectivity index (χ0n) is 13.0. The van der Waals surface area contributed by atoms with Crippen LogP contribution < -0.4 is 11.5 Å². The maximum atomic E-state index is 12.1. The van der Waals surface area contributed by atoms with Crippen LogP contribution in [-0.4, -0.2) is 11.9 Å². The lowest BCUT2D eigenvalue weighted by atomic mass is 9.86. The van der Waals surface area contributed by atoms with Crippen molar-refractivity contribution in [2.45, 2.75) is 12.8 Å². The van der Waals surface area contributed by atoms with E-state index in [0.29, 0.717) is 11.3 Å². The van der Waals surface area contributed by atoms with E-state index in [0.717, 1.165) is 29.5 Å². The minimum Gasteiger partial charge on any atom is -0.370 e. The lowest BCUT2D eigenvalue weighted by Gasteiger charge is -2.19. The Hall–Kier alpha value is -3.39. The van der Waals surface area contributed by atoms with Gasteiger partial charge < -0.3 is 11.5 Å². The highest BCUT2D eigenvalue weighted by atomic mass is 16.1. The maximum absolute atomic E-state index is 12.1. The Morgan fingerprint density at radius 2 is 2.00 bits per heavy atom. The fraction of sp³-hybridized carbons (Fsp3) is 0.105. The lowest BCUT2D eigenvalue weighted by Crippen LogP contribution is -2.24. The number of aliphatic imine (C=N–C) groups is 1. The Kier molecular flexibility index (Phi) is 4.13. The highest BCUT2D eigenvalue weighted by Crippen LogP contribution is 2.33. The highest BCUT2D eigenvalue weighted by molar-refractivity contribution is 6.02. The Bertz CT molecular complexity index is 915. The number of aryl methyl sites for hydroxylation is 1. The van der Waals surface area contributed by atoms with E-state index in [-0.39, 0.29) is 5.96 Å². The van der Waals surface area contributed by atoms with Gasteiger partial charge in [-0.25, -0.2) is 4.85 Å². The third kappa shape index (κ3) is 3.03. The molecular formula is C19H16N4O. The molecule has 0 aromatic heterocycles. The third-order valence-corrected chi connectivity index (χ3v) is 3.93. The highest BCUT2D eigenvalue weighted by Gasteiger charge is 2.17. The van der Waals surface area contributed by atoms with Crippen LogP contribution in [0, 0.1) is 6.57 Å². The van der Waals surface area contributed by atoms with Crippen molar-refractivity contribution in [3.63, 3.8) is 0 Å². The molecule has 1 aliphatic rings. The predicted molar refractivity (Wildman–Crippen MR) is 94.7 cm³/mol. The van der Waals surface area contributed by atoms with Gasteiger partial charge in [-0.1, -0.05) is 30.3 Å². The average Bonchev–Trinajstić information content (AvgIpc) is 2.60. The number of fused-ring (bicyclic) bond motifs is 1. The summed E-state index contributed by atoms with van der Waals surface area (Å²) < 4.78 is 0. The van der Waals surface area contributed by atoms with Crippen LogP contribution in [0.15, 0.2) is 53.5 Å². The molecule has 2 aromatic rings. The van der Waals surface area contributed by atoms with Crippen molar-refractivity contribution < 1.29 is 4.79 Å². The second-order valence-corrected chi connectivity index (χ2v) is 5.53. The number of carbonyl (C=O) groups excluding carboxylic acids is 1. The minimum atomic E-state index is -0.461. The number of nitrogens with zero attached hydrogens (tertiary/aromatic N) is 2. The Balaban J connectivity index is 2.07. The van der Waals surface area contributed by atoms with Gasteiger partial charge >= 0.3 is 0 Å². The van der Waals surface area contributed by atoms with Crippen molar-refractivity contribution in [2.24, 2.45) is 16.5 Å². The lowest BCUT2D eigenvalue weighted by molar-refractivity contribution is 0.100. The van der Waals surface area contributed by atoms with Gasteiger partial charge in [0.25, 0.3) is 5.91 Å². The summed E-state index contributed by atoms with van der Waals surface area (Å²) in [7, 11) is 0. The van der Waals surface area contributed by atoms with Crippen molar-refractivity contribution >= 4 is 23.1 Å². The van der Waals surface area contributed by atoms with E-state index < -0.39 is 5.91 Å². The van der Waals surface area contributed by atoms with Crippen LogP contribution in [0.1, 0.15) is 33.5 Å². The first-order valence-electron chi connectivity index (χ1n) is 7.54. The summed E-state index contributed by atoms with van der Waals surface area (Å²) in [4.78, 5) is 19.2. The van der Waals surface area contributed by atoms with E-state index in [1.165, 1.54) is 5.56 Å². The smallest absolute Gasteiger partial charge is 0.280 e. The van der Waals surface area contributed by atoms with Gasteiger partial charge in [-0.2, -0.15) is 4.99 Å². The van der Waals surface area contributed by atoms with Gasteiger partial charge in [-0.15, -0.1) is 0 Å². The summed E-state index contributed by atoms with van der Waals surface area (Å²) in [5.41, 5.74) is 15.8. The molecule has 0 saturated heterocycles. The fourth-order valence-electron chi connectivity index (χ4n) is 2.86. The number of hydrogen-bond donors (Lipinski definition) is 2. The molecule has 4 N–H and O–H groups in total. The van der Waals surface area contributed by atoms with E-state index in [4.69, 9.17) is 18.0 Å². The van der Waals surface area contributed by atoms with Crippen molar-refractivity contribution in [3.8, 4) is 0 Å². The zero-order chi connectivity index (χ0) is 17.1. The number of carbonyl (C=O) groups is 1. The monoisotopic (exact) mass is 316 g/mol. The van der Waals surface area contributed by atoms with Crippen LogP contribution in [-0.2, 0) is 6.42 Å². The molecule has 1 aliphatic carbocycles. The third-order valence-electron chi connectivity index (χ3n) is 3.93. The molecule has 0 heterocycles. The fourth-order valence-corrected chi connectivity index (χ4v) is 2.86. The van der Waals surface area contributed by atoms with Crippen LogP contribution in [0.3, 0.4) is 0 Å². The van der Waals surface area contributed by atoms with E-state index >= 15 is 0 Å². The molecule has 5 nitrogen and oxygen atoms in total. The number of allylic oxidation sites excluding steroid dienone is 1. The van der Waals surface area contributed by atoms with Gasteiger partial charge in [-0.05, 0) is 53.3 Å². The number of guanidine groups is 1. The molecule has 118 valence electrons. The van der Waals surface area contributed by atoms with Crippen LogP contribution in [0.4, 0.5) is 5.69 Å². The van der Waals surface area contributed by atoms with Crippen molar-refractivity contribution in [1.29, 1.82) is 0 Å². The number of amides is 1. The molecule has 3 rings (SSSR count). The number of benzene rings is 2. The number of hydrogen-bond acceptors (Lipinski definition) is 1. The van der Waals surface area contributed by atoms with E-state index in [1.807, 2.05) is 30.3 Å². The second-order valence-electron chi connectivity index (χ2n) is 5.53. The summed E-state index contributed by atoms with van der Waals surface area (Å²) in [6, 6.07) is 13.0. The van der Waals surface area contributed by atoms with Crippen LogP contribution in [0.25, 0.3) is 10.4 Å². The molecule has 0 bridgehead atoms. The van der Waals surface area contributed by atoms with Gasteiger partial charge in [0.05, 0.1) is 6.57 Å². The minimum absolute atomic E-state index is 0.252. The SMILES string of the molecule is [C-]#[N+]c1cccc(C2=CCCc3ccc(C(=O)N=C(N)N)cc32)c1. The Morgan fingerprint density at radius 3 is 2.75 bits per heavy atom. The normalized spacial score (nSPS) is 12.5. The summed E-state index contributed by atoms with van der Waals surface area (Å²) in [6.45, 7) is 7.18. The van der Waals surface area contributed by atoms with Crippen molar-refractivity contribution in [1.82, 2.24) is 0 Å². The number of rotatable bonds is 2. The van der Waals surface area contributed by atoms with E-state index in [2.05, 4.69) is 15.9 Å². The molecule has 0 aliphatic heterocycles. The topological polar surface area (TPSA) is 85.8 Å². The maximum Gasteiger partial charge on any atom is 0.280 e. The summed E-state index contributed by atoms with van der Waals surface area (Å²) in [5.74, 6) is -0.712. The first-order valence-corrected chi connectivity index (χ1v) is 7.54. The predicted octanol–water partition coefficient (Wildman–Crippen LogP) is 3.03. The standard InChI is InChI=1S/C19H16N4O/c1-22-15-6-2-5-13(10-15)16-7-3-4-12-8-9-14(11-17(12)16)18(24)23-19(20)21/h2,5-11H,3-4H2,(H4,20,21,23,24). The van der Waals surface area contributed by atoms with Gasteiger partial charge in [0.2, 0.25) is 0 Å². The molecule has 0 saturated carbocycles. The zero-order valence-corrected chi connectivity index (χ0v) is 13.0. The summed E-state index contributed by atoms with van der Waals surface area (Å²) >= 11 is 0. The van der Waals surface area contributed by atoms with E-state index in [9.17, 15) is 4.79 Å². The van der Waals surface area contributed by atoms with Crippen LogP contribution in [0.5, 0.6) is 0 Å². The first-order chi connectivity index (χ1) is 11.6. The largest absolute Gasteiger partial charge is 0.370 e. The molecule has 0 fully saturated rings. The molecule has 0 unspecified atom stereocenters. The molecule has 0 radical (unpaired) electrons. The Morgan fingerprint density at radius 1 is 1.17 bits per heavy atom. The van der Waals surface area contributed by atoms with Gasteiger partial charge in [0.1, 0.15) is 0 Å². The van der Waals surface area contributed by atoms with Crippen molar-refractivity contribution in [3.05, 3.63) is 82.2 Å².